The molecule has 0 aliphatic heterocycles. The van der Waals surface area contributed by atoms with Crippen molar-refractivity contribution in [2.24, 2.45) is 0 Å². The van der Waals surface area contributed by atoms with Crippen LogP contribution in [0.15, 0.2) is 16.9 Å². The Hall–Kier alpha value is -1.58. The lowest BCUT2D eigenvalue weighted by Crippen LogP contribution is -2.20. The number of carboxylic acid groups (broad SMARTS) is 1. The number of aromatic nitrogens is 1. The molecule has 4 heteroatoms. The van der Waals surface area contributed by atoms with Gasteiger partial charge in [0.25, 0.3) is 5.56 Å². The largest absolute Gasteiger partial charge is 0.477 e. The molecular formula is C10H11NO3. The van der Waals surface area contributed by atoms with Gasteiger partial charge in [0.1, 0.15) is 5.56 Å². The van der Waals surface area contributed by atoms with Crippen LogP contribution in [0.1, 0.15) is 35.8 Å². The molecule has 1 saturated carbocycles. The van der Waals surface area contributed by atoms with Crippen LogP contribution in [0.5, 0.6) is 0 Å². The van der Waals surface area contributed by atoms with Crippen LogP contribution in [0.3, 0.4) is 0 Å². The number of pyridine rings is 1. The molecule has 1 aromatic rings. The Balaban J connectivity index is 2.46. The highest BCUT2D eigenvalue weighted by Gasteiger charge is 2.40. The van der Waals surface area contributed by atoms with Crippen molar-refractivity contribution in [3.63, 3.8) is 0 Å². The highest BCUT2D eigenvalue weighted by Crippen LogP contribution is 2.46. The van der Waals surface area contributed by atoms with E-state index >= 15 is 0 Å². The number of H-pyrrole nitrogens is 1. The Morgan fingerprint density at radius 3 is 2.57 bits per heavy atom. The Morgan fingerprint density at radius 1 is 1.50 bits per heavy atom. The third kappa shape index (κ3) is 1.32. The number of carboxylic acids is 1. The van der Waals surface area contributed by atoms with Gasteiger partial charge in [-0.1, -0.05) is 6.92 Å². The third-order valence-corrected chi connectivity index (χ3v) is 2.79. The molecule has 2 rings (SSSR count). The summed E-state index contributed by atoms with van der Waals surface area (Å²) in [4.78, 5) is 24.5. The van der Waals surface area contributed by atoms with Crippen molar-refractivity contribution in [2.75, 3.05) is 0 Å². The number of carbonyl (C=O) groups is 1. The Bertz CT molecular complexity index is 443. The van der Waals surface area contributed by atoms with Crippen LogP contribution in [-0.4, -0.2) is 16.1 Å². The first-order chi connectivity index (χ1) is 6.53. The van der Waals surface area contributed by atoms with Crippen LogP contribution in [0, 0.1) is 0 Å². The van der Waals surface area contributed by atoms with Crippen LogP contribution in [0.4, 0.5) is 0 Å². The van der Waals surface area contributed by atoms with E-state index in [0.717, 1.165) is 18.5 Å². The van der Waals surface area contributed by atoms with E-state index < -0.39 is 11.5 Å². The minimum atomic E-state index is -1.18. The minimum Gasteiger partial charge on any atom is -0.477 e. The zero-order valence-electron chi connectivity index (χ0n) is 7.83. The fourth-order valence-electron chi connectivity index (χ4n) is 1.45. The van der Waals surface area contributed by atoms with E-state index in [0.29, 0.717) is 0 Å². The molecule has 0 saturated heterocycles. The molecule has 0 spiro atoms. The Kier molecular flexibility index (Phi) is 1.74. The van der Waals surface area contributed by atoms with Gasteiger partial charge in [-0.15, -0.1) is 0 Å². The summed E-state index contributed by atoms with van der Waals surface area (Å²) in [7, 11) is 0. The van der Waals surface area contributed by atoms with Crippen LogP contribution < -0.4 is 5.56 Å². The maximum atomic E-state index is 11.3. The summed E-state index contributed by atoms with van der Waals surface area (Å²) in [5.74, 6) is -1.18. The average molecular weight is 193 g/mol. The maximum Gasteiger partial charge on any atom is 0.341 e. The molecule has 0 radical (unpaired) electrons. The van der Waals surface area contributed by atoms with Gasteiger partial charge in [-0.25, -0.2) is 4.79 Å². The molecule has 2 N–H and O–H groups in total. The number of aromatic amines is 1. The molecule has 1 aromatic heterocycles. The predicted octanol–water partition coefficient (Wildman–Crippen LogP) is 1.12. The zero-order valence-corrected chi connectivity index (χ0v) is 7.83. The fourth-order valence-corrected chi connectivity index (χ4v) is 1.45. The summed E-state index contributed by atoms with van der Waals surface area (Å²) >= 11 is 0. The highest BCUT2D eigenvalue weighted by atomic mass is 16.4. The molecule has 0 amide bonds. The summed E-state index contributed by atoms with van der Waals surface area (Å²) in [6.45, 7) is 2.05. The average Bonchev–Trinajstić information content (AvgIpc) is 2.84. The number of rotatable bonds is 2. The standard InChI is InChI=1S/C10H11NO3/c1-10(4-5-10)7-3-2-6(9(13)14)8(12)11-7/h2-3H,4-5H2,1H3,(H,11,12)(H,13,14). The van der Waals surface area contributed by atoms with Gasteiger partial charge in [-0.05, 0) is 25.0 Å². The van der Waals surface area contributed by atoms with Crippen molar-refractivity contribution < 1.29 is 9.90 Å². The van der Waals surface area contributed by atoms with Crippen molar-refractivity contribution >= 4 is 5.97 Å². The Morgan fingerprint density at radius 2 is 2.14 bits per heavy atom. The molecular weight excluding hydrogens is 182 g/mol. The first-order valence-corrected chi connectivity index (χ1v) is 4.50. The van der Waals surface area contributed by atoms with E-state index in [1.807, 2.05) is 0 Å². The molecule has 1 aliphatic rings. The van der Waals surface area contributed by atoms with Gasteiger partial charge in [0.05, 0.1) is 0 Å². The minimum absolute atomic E-state index is 0.0657. The van der Waals surface area contributed by atoms with Gasteiger partial charge in [-0.2, -0.15) is 0 Å². The molecule has 4 nitrogen and oxygen atoms in total. The molecule has 1 fully saturated rings. The summed E-state index contributed by atoms with van der Waals surface area (Å²) in [6.07, 6.45) is 2.10. The lowest BCUT2D eigenvalue weighted by Gasteiger charge is -2.07. The Labute approximate surface area is 80.6 Å². The number of nitrogens with one attached hydrogen (secondary N) is 1. The number of hydrogen-bond acceptors (Lipinski definition) is 2. The van der Waals surface area contributed by atoms with Gasteiger partial charge >= 0.3 is 5.97 Å². The summed E-state index contributed by atoms with van der Waals surface area (Å²) in [5.41, 5.74) is 0.199. The van der Waals surface area contributed by atoms with E-state index in [1.54, 1.807) is 6.07 Å². The maximum absolute atomic E-state index is 11.3. The highest BCUT2D eigenvalue weighted by molar-refractivity contribution is 5.87. The molecule has 1 aliphatic carbocycles. The zero-order chi connectivity index (χ0) is 10.3. The van der Waals surface area contributed by atoms with Gasteiger partial charge < -0.3 is 10.1 Å². The van der Waals surface area contributed by atoms with Crippen molar-refractivity contribution in [1.29, 1.82) is 0 Å². The number of aromatic carboxylic acids is 1. The SMILES string of the molecule is CC1(c2ccc(C(=O)O)c(=O)[nH]2)CC1. The van der Waals surface area contributed by atoms with Crippen LogP contribution in [0.25, 0.3) is 0 Å². The van der Waals surface area contributed by atoms with E-state index in [9.17, 15) is 9.59 Å². The molecule has 1 heterocycles. The van der Waals surface area contributed by atoms with E-state index in [4.69, 9.17) is 5.11 Å². The second-order valence-electron chi connectivity index (χ2n) is 3.98. The van der Waals surface area contributed by atoms with Crippen LogP contribution >= 0.6 is 0 Å². The van der Waals surface area contributed by atoms with Crippen molar-refractivity contribution in [1.82, 2.24) is 4.98 Å². The first kappa shape index (κ1) is 8.99. The fraction of sp³-hybridized carbons (Fsp3) is 0.400. The van der Waals surface area contributed by atoms with E-state index in [2.05, 4.69) is 11.9 Å². The molecule has 0 unspecified atom stereocenters. The van der Waals surface area contributed by atoms with Crippen LogP contribution in [0.2, 0.25) is 0 Å². The predicted molar refractivity (Wildman–Crippen MR) is 50.6 cm³/mol. The van der Waals surface area contributed by atoms with E-state index in [-0.39, 0.29) is 11.0 Å². The second kappa shape index (κ2) is 2.70. The first-order valence-electron chi connectivity index (χ1n) is 4.50. The van der Waals surface area contributed by atoms with Crippen molar-refractivity contribution in [3.8, 4) is 0 Å². The summed E-state index contributed by atoms with van der Waals surface area (Å²) < 4.78 is 0. The molecule has 0 atom stereocenters. The molecule has 0 aromatic carbocycles. The quantitative estimate of drug-likeness (QED) is 0.739. The van der Waals surface area contributed by atoms with Crippen molar-refractivity contribution in [3.05, 3.63) is 33.7 Å². The van der Waals surface area contributed by atoms with E-state index in [1.165, 1.54) is 6.07 Å². The number of hydrogen-bond donors (Lipinski definition) is 2. The smallest absolute Gasteiger partial charge is 0.341 e. The molecule has 0 bridgehead atoms. The summed E-state index contributed by atoms with van der Waals surface area (Å²) in [6, 6.07) is 3.07. The lowest BCUT2D eigenvalue weighted by atomic mass is 10.0. The molecule has 74 valence electrons. The second-order valence-corrected chi connectivity index (χ2v) is 3.98. The van der Waals surface area contributed by atoms with Crippen LogP contribution in [-0.2, 0) is 5.41 Å². The van der Waals surface area contributed by atoms with Crippen molar-refractivity contribution in [2.45, 2.75) is 25.2 Å². The monoisotopic (exact) mass is 193 g/mol. The van der Waals surface area contributed by atoms with Gasteiger partial charge in [0.2, 0.25) is 0 Å². The topological polar surface area (TPSA) is 70.2 Å². The third-order valence-electron chi connectivity index (χ3n) is 2.79. The van der Waals surface area contributed by atoms with Gasteiger partial charge in [0, 0.05) is 11.1 Å². The summed E-state index contributed by atoms with van der Waals surface area (Å²) in [5, 5.41) is 8.65. The van der Waals surface area contributed by atoms with Gasteiger partial charge in [0.15, 0.2) is 0 Å². The lowest BCUT2D eigenvalue weighted by molar-refractivity contribution is 0.0695. The normalized spacial score (nSPS) is 17.8. The van der Waals surface area contributed by atoms with Gasteiger partial charge in [-0.3, -0.25) is 4.79 Å². The molecule has 14 heavy (non-hydrogen) atoms.